The molecule has 0 aliphatic heterocycles. The van der Waals surface area contributed by atoms with Gasteiger partial charge in [0.15, 0.2) is 0 Å². The highest BCUT2D eigenvalue weighted by molar-refractivity contribution is 6.31. The second kappa shape index (κ2) is 4.72. The molecular formula is C15H14ClN3O. The molecule has 1 heterocycles. The Labute approximate surface area is 121 Å². The van der Waals surface area contributed by atoms with Gasteiger partial charge >= 0.3 is 0 Å². The summed E-state index contributed by atoms with van der Waals surface area (Å²) in [5.74, 6) is 1.28. The van der Waals surface area contributed by atoms with Crippen LogP contribution in [0.2, 0.25) is 5.02 Å². The first-order chi connectivity index (χ1) is 9.60. The summed E-state index contributed by atoms with van der Waals surface area (Å²) in [4.78, 5) is 4.35. The Kier molecular flexibility index (Phi) is 3.03. The van der Waals surface area contributed by atoms with Gasteiger partial charge in [-0.3, -0.25) is 4.57 Å². The van der Waals surface area contributed by atoms with Crippen LogP contribution in [0.4, 0.5) is 5.95 Å². The van der Waals surface area contributed by atoms with Crippen LogP contribution in [0.1, 0.15) is 5.56 Å². The number of benzene rings is 2. The summed E-state index contributed by atoms with van der Waals surface area (Å²) in [6.45, 7) is 1.99. The van der Waals surface area contributed by atoms with E-state index in [-0.39, 0.29) is 0 Å². The van der Waals surface area contributed by atoms with Crippen molar-refractivity contribution in [2.75, 3.05) is 12.8 Å². The van der Waals surface area contributed by atoms with E-state index < -0.39 is 0 Å². The van der Waals surface area contributed by atoms with E-state index in [1.165, 1.54) is 0 Å². The smallest absolute Gasteiger partial charge is 0.205 e. The molecule has 0 amide bonds. The molecule has 2 aromatic carbocycles. The molecule has 0 saturated carbocycles. The Bertz CT molecular complexity index is 795. The van der Waals surface area contributed by atoms with E-state index in [0.29, 0.717) is 11.0 Å². The maximum atomic E-state index is 6.03. The Morgan fingerprint density at radius 2 is 2.00 bits per heavy atom. The lowest BCUT2D eigenvalue weighted by atomic mass is 10.2. The zero-order valence-electron chi connectivity index (χ0n) is 11.2. The minimum Gasteiger partial charge on any atom is -0.496 e. The molecule has 5 heteroatoms. The molecule has 0 unspecified atom stereocenters. The number of aryl methyl sites for hydroxylation is 1. The van der Waals surface area contributed by atoms with Crippen molar-refractivity contribution in [1.82, 2.24) is 9.55 Å². The SMILES string of the molecule is COc1ccc(-n2c(N)nc3cc(Cl)ccc32)cc1C. The molecule has 0 fully saturated rings. The van der Waals surface area contributed by atoms with Gasteiger partial charge in [-0.15, -0.1) is 0 Å². The summed E-state index contributed by atoms with van der Waals surface area (Å²) in [5, 5.41) is 0.646. The second-order valence-electron chi connectivity index (χ2n) is 4.59. The number of nitrogen functional groups attached to an aromatic ring is 1. The molecule has 20 heavy (non-hydrogen) atoms. The molecule has 1 aromatic heterocycles. The van der Waals surface area contributed by atoms with E-state index in [2.05, 4.69) is 4.98 Å². The molecule has 3 rings (SSSR count). The van der Waals surface area contributed by atoms with Crippen molar-refractivity contribution < 1.29 is 4.74 Å². The first kappa shape index (κ1) is 12.8. The number of rotatable bonds is 2. The number of nitrogens with two attached hydrogens (primary N) is 1. The number of ether oxygens (including phenoxy) is 1. The third-order valence-electron chi connectivity index (χ3n) is 3.28. The number of methoxy groups -OCH3 is 1. The zero-order valence-corrected chi connectivity index (χ0v) is 12.0. The fraction of sp³-hybridized carbons (Fsp3) is 0.133. The number of aromatic nitrogens is 2. The third kappa shape index (κ3) is 1.98. The van der Waals surface area contributed by atoms with Crippen molar-refractivity contribution in [1.29, 1.82) is 0 Å². The fourth-order valence-corrected chi connectivity index (χ4v) is 2.51. The highest BCUT2D eigenvalue weighted by Crippen LogP contribution is 2.28. The molecule has 0 spiro atoms. The van der Waals surface area contributed by atoms with E-state index in [4.69, 9.17) is 22.1 Å². The van der Waals surface area contributed by atoms with Gasteiger partial charge in [0, 0.05) is 10.7 Å². The van der Waals surface area contributed by atoms with Crippen LogP contribution in [0.15, 0.2) is 36.4 Å². The lowest BCUT2D eigenvalue weighted by molar-refractivity contribution is 0.411. The standard InChI is InChI=1S/C15H14ClN3O/c1-9-7-11(4-6-14(9)20-2)19-13-5-3-10(16)8-12(13)18-15(19)17/h3-8H,1-2H3,(H2,17,18). The maximum absolute atomic E-state index is 6.03. The largest absolute Gasteiger partial charge is 0.496 e. The highest BCUT2D eigenvalue weighted by Gasteiger charge is 2.11. The Morgan fingerprint density at radius 1 is 1.20 bits per heavy atom. The summed E-state index contributed by atoms with van der Waals surface area (Å²) in [7, 11) is 1.66. The van der Waals surface area contributed by atoms with Crippen LogP contribution in [0.5, 0.6) is 5.75 Å². The van der Waals surface area contributed by atoms with Crippen LogP contribution >= 0.6 is 11.6 Å². The molecule has 0 atom stereocenters. The van der Waals surface area contributed by atoms with Crippen LogP contribution in [0.3, 0.4) is 0 Å². The number of fused-ring (bicyclic) bond motifs is 1. The number of anilines is 1. The molecule has 3 aromatic rings. The van der Waals surface area contributed by atoms with E-state index in [9.17, 15) is 0 Å². The number of imidazole rings is 1. The molecular weight excluding hydrogens is 274 g/mol. The monoisotopic (exact) mass is 287 g/mol. The fourth-order valence-electron chi connectivity index (χ4n) is 2.35. The van der Waals surface area contributed by atoms with E-state index in [0.717, 1.165) is 28.0 Å². The van der Waals surface area contributed by atoms with E-state index in [1.807, 2.05) is 41.8 Å². The average Bonchev–Trinajstić information content (AvgIpc) is 2.73. The van der Waals surface area contributed by atoms with E-state index >= 15 is 0 Å². The van der Waals surface area contributed by atoms with Crippen LogP contribution in [-0.4, -0.2) is 16.7 Å². The van der Waals surface area contributed by atoms with E-state index in [1.54, 1.807) is 13.2 Å². The van der Waals surface area contributed by atoms with Gasteiger partial charge < -0.3 is 10.5 Å². The van der Waals surface area contributed by atoms with Crippen molar-refractivity contribution >= 4 is 28.6 Å². The minimum atomic E-state index is 0.437. The molecule has 4 nitrogen and oxygen atoms in total. The summed E-state index contributed by atoms with van der Waals surface area (Å²) < 4.78 is 7.18. The first-order valence-electron chi connectivity index (χ1n) is 6.18. The van der Waals surface area contributed by atoms with Gasteiger partial charge in [-0.2, -0.15) is 0 Å². The van der Waals surface area contributed by atoms with Gasteiger partial charge in [-0.25, -0.2) is 4.98 Å². The summed E-state index contributed by atoms with van der Waals surface area (Å²) in [6, 6.07) is 11.5. The molecule has 0 radical (unpaired) electrons. The minimum absolute atomic E-state index is 0.437. The number of hydrogen-bond donors (Lipinski definition) is 1. The van der Waals surface area contributed by atoms with Crippen molar-refractivity contribution in [3.63, 3.8) is 0 Å². The molecule has 0 saturated heterocycles. The highest BCUT2D eigenvalue weighted by atomic mass is 35.5. The Morgan fingerprint density at radius 3 is 2.70 bits per heavy atom. The van der Waals surface area contributed by atoms with Gasteiger partial charge in [0.2, 0.25) is 5.95 Å². The quantitative estimate of drug-likeness (QED) is 0.784. The zero-order chi connectivity index (χ0) is 14.3. The number of hydrogen-bond acceptors (Lipinski definition) is 3. The van der Waals surface area contributed by atoms with Gasteiger partial charge in [-0.05, 0) is 48.9 Å². The lowest BCUT2D eigenvalue weighted by Crippen LogP contribution is -2.01. The van der Waals surface area contributed by atoms with Gasteiger partial charge in [0.25, 0.3) is 0 Å². The second-order valence-corrected chi connectivity index (χ2v) is 5.03. The summed E-state index contributed by atoms with van der Waals surface area (Å²) in [6.07, 6.45) is 0. The molecule has 2 N–H and O–H groups in total. The summed E-state index contributed by atoms with van der Waals surface area (Å²) >= 11 is 5.98. The average molecular weight is 288 g/mol. The third-order valence-corrected chi connectivity index (χ3v) is 3.51. The molecule has 0 aliphatic carbocycles. The first-order valence-corrected chi connectivity index (χ1v) is 6.56. The topological polar surface area (TPSA) is 53.1 Å². The Hall–Kier alpha value is -2.20. The van der Waals surface area contributed by atoms with Crippen LogP contribution in [0, 0.1) is 6.92 Å². The van der Waals surface area contributed by atoms with Gasteiger partial charge in [-0.1, -0.05) is 11.6 Å². The van der Waals surface area contributed by atoms with Gasteiger partial charge in [0.05, 0.1) is 18.1 Å². The van der Waals surface area contributed by atoms with Crippen molar-refractivity contribution in [3.05, 3.63) is 47.0 Å². The van der Waals surface area contributed by atoms with Gasteiger partial charge in [0.1, 0.15) is 5.75 Å². The van der Waals surface area contributed by atoms with Crippen molar-refractivity contribution in [2.24, 2.45) is 0 Å². The molecule has 0 aliphatic rings. The normalized spacial score (nSPS) is 10.9. The number of halogens is 1. The van der Waals surface area contributed by atoms with Crippen molar-refractivity contribution in [2.45, 2.75) is 6.92 Å². The van der Waals surface area contributed by atoms with Crippen molar-refractivity contribution in [3.8, 4) is 11.4 Å². The van der Waals surface area contributed by atoms with Crippen LogP contribution < -0.4 is 10.5 Å². The van der Waals surface area contributed by atoms with Crippen LogP contribution in [0.25, 0.3) is 16.7 Å². The maximum Gasteiger partial charge on any atom is 0.205 e. The Balaban J connectivity index is 2.23. The molecule has 102 valence electrons. The predicted octanol–water partition coefficient (Wildman–Crippen LogP) is 3.58. The van der Waals surface area contributed by atoms with Crippen LogP contribution in [-0.2, 0) is 0 Å². The molecule has 0 bridgehead atoms. The lowest BCUT2D eigenvalue weighted by Gasteiger charge is -2.10. The number of nitrogens with zero attached hydrogens (tertiary/aromatic N) is 2. The summed E-state index contributed by atoms with van der Waals surface area (Å²) in [5.41, 5.74) is 9.73. The predicted molar refractivity (Wildman–Crippen MR) is 81.8 cm³/mol.